The van der Waals surface area contributed by atoms with Crippen LogP contribution in [0, 0.1) is 0 Å². The van der Waals surface area contributed by atoms with Crippen molar-refractivity contribution < 1.29 is 4.74 Å². The number of aromatic nitrogens is 1. The molecule has 0 amide bonds. The van der Waals surface area contributed by atoms with Gasteiger partial charge in [0.2, 0.25) is 0 Å². The topological polar surface area (TPSA) is 34.1 Å². The Bertz CT molecular complexity index is 272. The summed E-state index contributed by atoms with van der Waals surface area (Å²) in [6.07, 6.45) is 2.79. The van der Waals surface area contributed by atoms with Crippen LogP contribution in [0.25, 0.3) is 0 Å². The summed E-state index contributed by atoms with van der Waals surface area (Å²) in [5.41, 5.74) is -0.113. The number of hydrogen-bond acceptors (Lipinski definition) is 4. The van der Waals surface area contributed by atoms with Gasteiger partial charge in [0.05, 0.1) is 11.6 Å². The Morgan fingerprint density at radius 3 is 2.80 bits per heavy atom. The molecule has 0 bridgehead atoms. The summed E-state index contributed by atoms with van der Waals surface area (Å²) in [5.74, 6) is 0. The molecular formula is C11H20N2OS. The fourth-order valence-electron chi connectivity index (χ4n) is 1.47. The van der Waals surface area contributed by atoms with Crippen LogP contribution in [0.2, 0.25) is 0 Å². The summed E-state index contributed by atoms with van der Waals surface area (Å²) >= 11 is 1.69. The number of rotatable bonds is 6. The highest BCUT2D eigenvalue weighted by molar-refractivity contribution is 7.09. The summed E-state index contributed by atoms with van der Waals surface area (Å²) in [7, 11) is 1.75. The minimum Gasteiger partial charge on any atom is -0.379 e. The van der Waals surface area contributed by atoms with Crippen molar-refractivity contribution in [1.82, 2.24) is 10.3 Å². The van der Waals surface area contributed by atoms with Crippen molar-refractivity contribution in [1.29, 1.82) is 0 Å². The predicted octanol–water partition coefficient (Wildman–Crippen LogP) is 2.61. The van der Waals surface area contributed by atoms with Crippen LogP contribution in [0.4, 0.5) is 0 Å². The molecule has 1 atom stereocenters. The Morgan fingerprint density at radius 2 is 2.33 bits per heavy atom. The number of hydrogen-bond donors (Lipinski definition) is 1. The number of ether oxygens (including phenoxy) is 1. The van der Waals surface area contributed by atoms with Crippen molar-refractivity contribution in [2.24, 2.45) is 0 Å². The third-order valence-electron chi connectivity index (χ3n) is 2.45. The van der Waals surface area contributed by atoms with Crippen molar-refractivity contribution in [2.45, 2.75) is 38.8 Å². The van der Waals surface area contributed by atoms with Gasteiger partial charge in [0.1, 0.15) is 5.01 Å². The molecule has 1 aromatic heterocycles. The molecule has 86 valence electrons. The van der Waals surface area contributed by atoms with Crippen molar-refractivity contribution in [3.05, 3.63) is 16.6 Å². The van der Waals surface area contributed by atoms with Gasteiger partial charge >= 0.3 is 0 Å². The van der Waals surface area contributed by atoms with E-state index in [1.54, 1.807) is 18.4 Å². The van der Waals surface area contributed by atoms with Crippen LogP contribution in [0.5, 0.6) is 0 Å². The standard InChI is InChI=1S/C11H20N2OS/c1-5-12-9(8-11(2,3)14-4)10-13-6-7-15-10/h6-7,9,12H,5,8H2,1-4H3. The molecular weight excluding hydrogens is 208 g/mol. The lowest BCUT2D eigenvalue weighted by Gasteiger charge is -2.27. The van der Waals surface area contributed by atoms with Crippen LogP contribution in [0.3, 0.4) is 0 Å². The fraction of sp³-hybridized carbons (Fsp3) is 0.727. The second-order valence-electron chi connectivity index (χ2n) is 4.15. The van der Waals surface area contributed by atoms with Gasteiger partial charge in [0, 0.05) is 18.7 Å². The van der Waals surface area contributed by atoms with Crippen LogP contribution < -0.4 is 5.32 Å². The van der Waals surface area contributed by atoms with Crippen LogP contribution in [-0.2, 0) is 4.74 Å². The Kier molecular flexibility index (Phi) is 4.70. The maximum Gasteiger partial charge on any atom is 0.110 e. The van der Waals surface area contributed by atoms with Crippen molar-refractivity contribution in [3.8, 4) is 0 Å². The highest BCUT2D eigenvalue weighted by Gasteiger charge is 2.24. The molecule has 0 aliphatic rings. The number of methoxy groups -OCH3 is 1. The first-order valence-electron chi connectivity index (χ1n) is 5.27. The van der Waals surface area contributed by atoms with Crippen molar-refractivity contribution in [3.63, 3.8) is 0 Å². The van der Waals surface area contributed by atoms with E-state index in [9.17, 15) is 0 Å². The molecule has 0 saturated carbocycles. The van der Waals surface area contributed by atoms with Gasteiger partial charge in [-0.3, -0.25) is 0 Å². The van der Waals surface area contributed by atoms with Crippen LogP contribution in [-0.4, -0.2) is 24.2 Å². The minimum absolute atomic E-state index is 0.113. The molecule has 0 aromatic carbocycles. The van der Waals surface area contributed by atoms with E-state index in [0.717, 1.165) is 18.0 Å². The van der Waals surface area contributed by atoms with E-state index in [1.807, 2.05) is 11.6 Å². The average molecular weight is 228 g/mol. The van der Waals surface area contributed by atoms with Gasteiger partial charge in [-0.1, -0.05) is 6.92 Å². The quantitative estimate of drug-likeness (QED) is 0.812. The summed E-state index contributed by atoms with van der Waals surface area (Å²) in [6, 6.07) is 0.296. The van der Waals surface area contributed by atoms with E-state index in [4.69, 9.17) is 4.74 Å². The van der Waals surface area contributed by atoms with Gasteiger partial charge in [-0.15, -0.1) is 11.3 Å². The van der Waals surface area contributed by atoms with Crippen molar-refractivity contribution >= 4 is 11.3 Å². The predicted molar refractivity (Wildman–Crippen MR) is 64.2 cm³/mol. The van der Waals surface area contributed by atoms with Gasteiger partial charge in [-0.05, 0) is 26.8 Å². The Labute approximate surface area is 95.9 Å². The maximum atomic E-state index is 5.45. The molecule has 0 aliphatic carbocycles. The summed E-state index contributed by atoms with van der Waals surface area (Å²) in [4.78, 5) is 4.35. The van der Waals surface area contributed by atoms with E-state index in [0.29, 0.717) is 6.04 Å². The van der Waals surface area contributed by atoms with E-state index < -0.39 is 0 Å². The Morgan fingerprint density at radius 1 is 1.60 bits per heavy atom. The number of thiazole rings is 1. The molecule has 0 aliphatic heterocycles. The molecule has 1 N–H and O–H groups in total. The number of nitrogens with one attached hydrogen (secondary N) is 1. The zero-order valence-electron chi connectivity index (χ0n) is 9.91. The van der Waals surface area contributed by atoms with E-state index in [1.165, 1.54) is 0 Å². The van der Waals surface area contributed by atoms with E-state index >= 15 is 0 Å². The molecule has 0 radical (unpaired) electrons. The van der Waals surface area contributed by atoms with E-state index in [2.05, 4.69) is 31.1 Å². The lowest BCUT2D eigenvalue weighted by molar-refractivity contribution is 0.00696. The molecule has 1 unspecified atom stereocenters. The Hall–Kier alpha value is -0.450. The summed E-state index contributed by atoms with van der Waals surface area (Å²) in [5, 5.41) is 6.60. The highest BCUT2D eigenvalue weighted by Crippen LogP contribution is 2.26. The fourth-order valence-corrected chi connectivity index (χ4v) is 2.19. The smallest absolute Gasteiger partial charge is 0.110 e. The average Bonchev–Trinajstić information content (AvgIpc) is 2.70. The molecule has 1 rings (SSSR count). The molecule has 1 aromatic rings. The van der Waals surface area contributed by atoms with Crippen LogP contribution >= 0.6 is 11.3 Å². The van der Waals surface area contributed by atoms with Gasteiger partial charge in [0.15, 0.2) is 0 Å². The first-order chi connectivity index (χ1) is 7.09. The van der Waals surface area contributed by atoms with Crippen LogP contribution in [0.1, 0.15) is 38.2 Å². The molecule has 3 nitrogen and oxygen atoms in total. The van der Waals surface area contributed by atoms with Gasteiger partial charge in [0.25, 0.3) is 0 Å². The molecule has 15 heavy (non-hydrogen) atoms. The zero-order valence-corrected chi connectivity index (χ0v) is 10.7. The second kappa shape index (κ2) is 5.58. The maximum absolute atomic E-state index is 5.45. The molecule has 0 saturated heterocycles. The molecule has 4 heteroatoms. The normalized spacial score (nSPS) is 14.1. The first kappa shape index (κ1) is 12.6. The molecule has 0 spiro atoms. The Balaban J connectivity index is 2.67. The minimum atomic E-state index is -0.113. The van der Waals surface area contributed by atoms with Gasteiger partial charge in [-0.25, -0.2) is 4.98 Å². The largest absolute Gasteiger partial charge is 0.379 e. The molecule has 1 heterocycles. The molecule has 0 fully saturated rings. The van der Waals surface area contributed by atoms with Gasteiger partial charge < -0.3 is 10.1 Å². The summed E-state index contributed by atoms with van der Waals surface area (Å²) < 4.78 is 5.45. The van der Waals surface area contributed by atoms with Crippen molar-refractivity contribution in [2.75, 3.05) is 13.7 Å². The third-order valence-corrected chi connectivity index (χ3v) is 3.34. The van der Waals surface area contributed by atoms with Gasteiger partial charge in [-0.2, -0.15) is 0 Å². The highest BCUT2D eigenvalue weighted by atomic mass is 32.1. The zero-order chi connectivity index (χ0) is 11.3. The second-order valence-corrected chi connectivity index (χ2v) is 5.07. The number of nitrogens with zero attached hydrogens (tertiary/aromatic N) is 1. The summed E-state index contributed by atoms with van der Waals surface area (Å²) in [6.45, 7) is 7.26. The monoisotopic (exact) mass is 228 g/mol. The third kappa shape index (κ3) is 3.89. The lowest BCUT2D eigenvalue weighted by atomic mass is 9.99. The van der Waals surface area contributed by atoms with E-state index in [-0.39, 0.29) is 5.60 Å². The lowest BCUT2D eigenvalue weighted by Crippen LogP contribution is -2.31. The SMILES string of the molecule is CCNC(CC(C)(C)OC)c1nccs1. The van der Waals surface area contributed by atoms with Crippen LogP contribution in [0.15, 0.2) is 11.6 Å². The first-order valence-corrected chi connectivity index (χ1v) is 6.15.